The topological polar surface area (TPSA) is 77.8 Å². The highest BCUT2D eigenvalue weighted by Gasteiger charge is 2.36. The summed E-state index contributed by atoms with van der Waals surface area (Å²) in [5.74, 6) is 1.84. The number of furan rings is 1. The van der Waals surface area contributed by atoms with Crippen LogP contribution in [0, 0.1) is 0 Å². The lowest BCUT2D eigenvalue weighted by Gasteiger charge is -2.22. The molecule has 1 aliphatic rings. The highest BCUT2D eigenvalue weighted by Crippen LogP contribution is 2.51. The van der Waals surface area contributed by atoms with Crippen molar-refractivity contribution in [2.45, 2.75) is 19.3 Å². The van der Waals surface area contributed by atoms with E-state index in [2.05, 4.69) is 67.4 Å². The van der Waals surface area contributed by atoms with Gasteiger partial charge in [0.25, 0.3) is 0 Å². The molecule has 0 bridgehead atoms. The van der Waals surface area contributed by atoms with Gasteiger partial charge in [-0.05, 0) is 64.2 Å². The third-order valence-electron chi connectivity index (χ3n) is 9.90. The third-order valence-corrected chi connectivity index (χ3v) is 9.90. The van der Waals surface area contributed by atoms with Crippen LogP contribution in [0.5, 0.6) is 0 Å². The Morgan fingerprint density at radius 1 is 0.510 bits per heavy atom. The number of para-hydroxylation sites is 1. The quantitative estimate of drug-likeness (QED) is 0.192. The number of nitrogens with zero attached hydrogens (tertiary/aromatic N) is 4. The standard InChI is InChI=1S/C43H28N4O2/c1-43(2)33-21-27(17-18-29(33)32-22-35-37(23-34(32)43)48-24-44-35)28-19-20-31(38-30-15-9-10-16-36(30)49-39(28)38)42-46-40(25-11-5-3-6-12-25)45-41(47-42)26-13-7-4-8-14-26/h3-24H,1-2H3. The fourth-order valence-corrected chi connectivity index (χ4v) is 7.42. The molecular weight excluding hydrogens is 604 g/mol. The lowest BCUT2D eigenvalue weighted by atomic mass is 9.81. The minimum atomic E-state index is -0.221. The molecule has 6 aromatic carbocycles. The third kappa shape index (κ3) is 4.20. The van der Waals surface area contributed by atoms with Crippen molar-refractivity contribution in [3.8, 4) is 56.4 Å². The number of hydrogen-bond acceptors (Lipinski definition) is 6. The average molecular weight is 633 g/mol. The van der Waals surface area contributed by atoms with E-state index in [0.29, 0.717) is 17.5 Å². The molecule has 6 heteroatoms. The molecule has 0 radical (unpaired) electrons. The number of benzene rings is 6. The van der Waals surface area contributed by atoms with Crippen molar-refractivity contribution in [1.82, 2.24) is 19.9 Å². The van der Waals surface area contributed by atoms with Crippen LogP contribution in [0.15, 0.2) is 143 Å². The van der Waals surface area contributed by atoms with E-state index < -0.39 is 0 Å². The number of fused-ring (bicyclic) bond motifs is 7. The van der Waals surface area contributed by atoms with E-state index in [9.17, 15) is 0 Å². The van der Waals surface area contributed by atoms with Gasteiger partial charge in [-0.25, -0.2) is 19.9 Å². The molecule has 9 aromatic rings. The minimum absolute atomic E-state index is 0.221. The van der Waals surface area contributed by atoms with Gasteiger partial charge in [-0.3, -0.25) is 0 Å². The van der Waals surface area contributed by atoms with E-state index in [0.717, 1.165) is 60.9 Å². The lowest BCUT2D eigenvalue weighted by Crippen LogP contribution is -2.15. The first kappa shape index (κ1) is 27.7. The van der Waals surface area contributed by atoms with Crippen molar-refractivity contribution in [2.24, 2.45) is 0 Å². The number of rotatable bonds is 4. The molecule has 0 spiro atoms. The van der Waals surface area contributed by atoms with Crippen LogP contribution >= 0.6 is 0 Å². The maximum absolute atomic E-state index is 6.71. The molecule has 0 aliphatic heterocycles. The minimum Gasteiger partial charge on any atom is -0.455 e. The molecule has 232 valence electrons. The predicted octanol–water partition coefficient (Wildman–Crippen LogP) is 10.9. The molecule has 0 N–H and O–H groups in total. The van der Waals surface area contributed by atoms with Crippen molar-refractivity contribution < 1.29 is 8.83 Å². The highest BCUT2D eigenvalue weighted by atomic mass is 16.3. The summed E-state index contributed by atoms with van der Waals surface area (Å²) in [6, 6.07) is 43.6. The molecule has 0 saturated heterocycles. The average Bonchev–Trinajstić information content (AvgIpc) is 3.84. The first-order chi connectivity index (χ1) is 24.0. The largest absolute Gasteiger partial charge is 0.455 e. The van der Waals surface area contributed by atoms with Crippen LogP contribution in [0.1, 0.15) is 25.0 Å². The van der Waals surface area contributed by atoms with Gasteiger partial charge in [-0.1, -0.05) is 105 Å². The lowest BCUT2D eigenvalue weighted by molar-refractivity contribution is 0.598. The monoisotopic (exact) mass is 632 g/mol. The maximum Gasteiger partial charge on any atom is 0.181 e. The summed E-state index contributed by atoms with van der Waals surface area (Å²) in [5.41, 5.74) is 12.9. The number of oxazole rings is 1. The fraction of sp³-hybridized carbons (Fsp3) is 0.0698. The van der Waals surface area contributed by atoms with Crippen LogP contribution in [0.4, 0.5) is 0 Å². The van der Waals surface area contributed by atoms with E-state index in [1.165, 1.54) is 28.6 Å². The Hall–Kier alpha value is -6.40. The van der Waals surface area contributed by atoms with Crippen molar-refractivity contribution in [3.63, 3.8) is 0 Å². The summed E-state index contributed by atoms with van der Waals surface area (Å²) in [7, 11) is 0. The van der Waals surface area contributed by atoms with Crippen LogP contribution < -0.4 is 0 Å². The van der Waals surface area contributed by atoms with Crippen LogP contribution in [0.25, 0.3) is 89.5 Å². The van der Waals surface area contributed by atoms with Gasteiger partial charge >= 0.3 is 0 Å². The smallest absolute Gasteiger partial charge is 0.181 e. The number of hydrogen-bond donors (Lipinski definition) is 0. The number of aromatic nitrogens is 4. The Labute approximate surface area is 281 Å². The Bertz CT molecular complexity index is 2690. The van der Waals surface area contributed by atoms with Gasteiger partial charge in [0.2, 0.25) is 0 Å². The van der Waals surface area contributed by atoms with E-state index in [-0.39, 0.29) is 5.41 Å². The van der Waals surface area contributed by atoms with Crippen LogP contribution in [0.3, 0.4) is 0 Å². The first-order valence-electron chi connectivity index (χ1n) is 16.4. The molecule has 49 heavy (non-hydrogen) atoms. The molecule has 0 atom stereocenters. The SMILES string of the molecule is CC1(C)c2cc(-c3ccc(-c4nc(-c5ccccc5)nc(-c5ccccc5)n4)c4c3oc3ccccc34)ccc2-c2cc3ncoc3cc21. The Morgan fingerprint density at radius 3 is 1.90 bits per heavy atom. The van der Waals surface area contributed by atoms with Gasteiger partial charge in [-0.15, -0.1) is 0 Å². The summed E-state index contributed by atoms with van der Waals surface area (Å²) >= 11 is 0. The van der Waals surface area contributed by atoms with Crippen molar-refractivity contribution in [3.05, 3.63) is 145 Å². The molecule has 0 saturated carbocycles. The maximum atomic E-state index is 6.71. The van der Waals surface area contributed by atoms with E-state index in [4.69, 9.17) is 23.8 Å². The first-order valence-corrected chi connectivity index (χ1v) is 16.4. The zero-order chi connectivity index (χ0) is 32.7. The molecule has 0 fully saturated rings. The van der Waals surface area contributed by atoms with Gasteiger partial charge in [0.05, 0.1) is 0 Å². The summed E-state index contributed by atoms with van der Waals surface area (Å²) in [5, 5.41) is 1.99. The van der Waals surface area contributed by atoms with Crippen molar-refractivity contribution in [2.75, 3.05) is 0 Å². The van der Waals surface area contributed by atoms with Crippen LogP contribution in [-0.2, 0) is 5.41 Å². The van der Waals surface area contributed by atoms with Gasteiger partial charge in [0.1, 0.15) is 16.7 Å². The van der Waals surface area contributed by atoms with Crippen LogP contribution in [-0.4, -0.2) is 19.9 Å². The van der Waals surface area contributed by atoms with E-state index in [1.54, 1.807) is 0 Å². The van der Waals surface area contributed by atoms with Crippen molar-refractivity contribution >= 4 is 33.0 Å². The summed E-state index contributed by atoms with van der Waals surface area (Å²) in [4.78, 5) is 19.5. The molecule has 0 unspecified atom stereocenters. The molecular formula is C43H28N4O2. The zero-order valence-electron chi connectivity index (χ0n) is 26.8. The van der Waals surface area contributed by atoms with Gasteiger partial charge in [0.15, 0.2) is 29.4 Å². The Balaban J connectivity index is 1.19. The van der Waals surface area contributed by atoms with E-state index in [1.807, 2.05) is 78.9 Å². The summed E-state index contributed by atoms with van der Waals surface area (Å²) in [6.07, 6.45) is 1.51. The van der Waals surface area contributed by atoms with Gasteiger partial charge in [0, 0.05) is 38.4 Å². The molecule has 1 aliphatic carbocycles. The predicted molar refractivity (Wildman–Crippen MR) is 194 cm³/mol. The van der Waals surface area contributed by atoms with Gasteiger partial charge < -0.3 is 8.83 Å². The van der Waals surface area contributed by atoms with Gasteiger partial charge in [-0.2, -0.15) is 0 Å². The van der Waals surface area contributed by atoms with E-state index >= 15 is 0 Å². The second-order valence-corrected chi connectivity index (χ2v) is 13.1. The molecule has 3 aromatic heterocycles. The Morgan fingerprint density at radius 2 is 1.14 bits per heavy atom. The Kier molecular flexibility index (Phi) is 5.82. The second-order valence-electron chi connectivity index (χ2n) is 13.1. The molecule has 0 amide bonds. The molecule has 3 heterocycles. The van der Waals surface area contributed by atoms with Crippen LogP contribution in [0.2, 0.25) is 0 Å². The highest BCUT2D eigenvalue weighted by molar-refractivity contribution is 6.16. The summed E-state index contributed by atoms with van der Waals surface area (Å²) in [6.45, 7) is 4.55. The van der Waals surface area contributed by atoms with Crippen molar-refractivity contribution in [1.29, 1.82) is 0 Å². The fourth-order valence-electron chi connectivity index (χ4n) is 7.42. The summed E-state index contributed by atoms with van der Waals surface area (Å²) < 4.78 is 12.4. The second kappa shape index (κ2) is 10.3. The zero-order valence-corrected chi connectivity index (χ0v) is 26.8. The molecule has 6 nitrogen and oxygen atoms in total. The normalized spacial score (nSPS) is 13.3. The molecule has 10 rings (SSSR count).